The third-order valence-electron chi connectivity index (χ3n) is 3.70. The van der Waals surface area contributed by atoms with Crippen molar-refractivity contribution >= 4 is 23.6 Å². The Bertz CT molecular complexity index is 963. The van der Waals surface area contributed by atoms with Crippen molar-refractivity contribution in [2.45, 2.75) is 6.92 Å². The first-order chi connectivity index (χ1) is 14.0. The summed E-state index contributed by atoms with van der Waals surface area (Å²) in [7, 11) is 1.52. The molecule has 0 atom stereocenters. The van der Waals surface area contributed by atoms with Gasteiger partial charge >= 0.3 is 0 Å². The van der Waals surface area contributed by atoms with E-state index >= 15 is 0 Å². The van der Waals surface area contributed by atoms with Gasteiger partial charge in [0.05, 0.1) is 19.4 Å². The molecule has 150 valence electrons. The Balaban J connectivity index is 2.12. The van der Waals surface area contributed by atoms with E-state index in [2.05, 4.69) is 5.32 Å². The number of carbonyl (C=O) groups is 2. The van der Waals surface area contributed by atoms with Gasteiger partial charge in [0.1, 0.15) is 17.4 Å². The predicted molar refractivity (Wildman–Crippen MR) is 108 cm³/mol. The van der Waals surface area contributed by atoms with Gasteiger partial charge in [-0.3, -0.25) is 9.59 Å². The lowest BCUT2D eigenvalue weighted by Gasteiger charge is -2.13. The summed E-state index contributed by atoms with van der Waals surface area (Å²) < 4.78 is 16.3. The quantitative estimate of drug-likeness (QED) is 0.497. The number of nitrogens with two attached hydrogens (primary N) is 1. The van der Waals surface area contributed by atoms with Crippen molar-refractivity contribution in [3.63, 3.8) is 0 Å². The molecule has 8 heteroatoms. The highest BCUT2D eigenvalue weighted by Crippen LogP contribution is 2.29. The summed E-state index contributed by atoms with van der Waals surface area (Å²) >= 11 is 0. The molecule has 0 saturated carbocycles. The molecule has 0 aromatic heterocycles. The summed E-state index contributed by atoms with van der Waals surface area (Å²) in [6.07, 6.45) is 1.35. The van der Waals surface area contributed by atoms with Crippen molar-refractivity contribution < 1.29 is 23.8 Å². The van der Waals surface area contributed by atoms with E-state index in [1.807, 2.05) is 0 Å². The van der Waals surface area contributed by atoms with Crippen molar-refractivity contribution in [2.24, 2.45) is 5.73 Å². The third-order valence-corrected chi connectivity index (χ3v) is 3.70. The molecular formula is C21H21N3O5. The fourth-order valence-corrected chi connectivity index (χ4v) is 2.40. The average molecular weight is 395 g/mol. The number of nitrogens with zero attached hydrogens (tertiary/aromatic N) is 1. The molecule has 0 unspecified atom stereocenters. The van der Waals surface area contributed by atoms with E-state index < -0.39 is 5.91 Å². The minimum absolute atomic E-state index is 0.183. The van der Waals surface area contributed by atoms with Gasteiger partial charge in [0.15, 0.2) is 18.1 Å². The Morgan fingerprint density at radius 1 is 1.14 bits per heavy atom. The second-order valence-corrected chi connectivity index (χ2v) is 5.71. The molecule has 3 N–H and O–H groups in total. The van der Waals surface area contributed by atoms with E-state index in [1.165, 1.54) is 13.2 Å². The van der Waals surface area contributed by atoms with E-state index in [9.17, 15) is 9.59 Å². The third kappa shape index (κ3) is 6.01. The second-order valence-electron chi connectivity index (χ2n) is 5.71. The van der Waals surface area contributed by atoms with Gasteiger partial charge in [0, 0.05) is 0 Å². The molecule has 2 amide bonds. The standard InChI is InChI=1S/C21H21N3O5/c1-3-28-19-11-14(10-15(12-22)21(23)26)8-9-18(19)29-13-20(25)24-16-6-4-5-7-17(16)27-2/h4-11H,3,13H2,1-2H3,(H2,23,26)(H,24,25)/b15-10+. The zero-order chi connectivity index (χ0) is 21.2. The number of carbonyl (C=O) groups excluding carboxylic acids is 2. The molecule has 2 aromatic rings. The Labute approximate surface area is 168 Å². The maximum Gasteiger partial charge on any atom is 0.262 e. The molecule has 0 heterocycles. The molecule has 0 bridgehead atoms. The normalized spacial score (nSPS) is 10.6. The average Bonchev–Trinajstić information content (AvgIpc) is 2.71. The Hall–Kier alpha value is -3.99. The van der Waals surface area contributed by atoms with Gasteiger partial charge in [0.25, 0.3) is 11.8 Å². The SMILES string of the molecule is CCOc1cc(/C=C(\C#N)C(N)=O)ccc1OCC(=O)Nc1ccccc1OC. The van der Waals surface area contributed by atoms with Crippen molar-refractivity contribution in [3.8, 4) is 23.3 Å². The first-order valence-electron chi connectivity index (χ1n) is 8.72. The molecule has 0 saturated heterocycles. The van der Waals surface area contributed by atoms with Crippen LogP contribution in [0.25, 0.3) is 6.08 Å². The number of benzene rings is 2. The molecule has 29 heavy (non-hydrogen) atoms. The molecule has 0 aliphatic heterocycles. The number of para-hydroxylation sites is 2. The number of methoxy groups -OCH3 is 1. The molecule has 0 fully saturated rings. The highest BCUT2D eigenvalue weighted by molar-refractivity contribution is 6.00. The van der Waals surface area contributed by atoms with Crippen LogP contribution in [-0.2, 0) is 9.59 Å². The first kappa shape index (κ1) is 21.3. The molecule has 0 spiro atoms. The van der Waals surface area contributed by atoms with Gasteiger partial charge in [0.2, 0.25) is 0 Å². The number of amides is 2. The van der Waals surface area contributed by atoms with Gasteiger partial charge in [-0.1, -0.05) is 18.2 Å². The number of primary amides is 1. The number of nitriles is 1. The van der Waals surface area contributed by atoms with E-state index in [4.69, 9.17) is 25.2 Å². The van der Waals surface area contributed by atoms with Crippen LogP contribution in [-0.4, -0.2) is 32.1 Å². The number of anilines is 1. The fraction of sp³-hybridized carbons (Fsp3) is 0.190. The van der Waals surface area contributed by atoms with E-state index in [1.54, 1.807) is 55.5 Å². The number of hydrogen-bond donors (Lipinski definition) is 2. The van der Waals surface area contributed by atoms with Crippen molar-refractivity contribution in [3.05, 3.63) is 53.6 Å². The van der Waals surface area contributed by atoms with Crippen LogP contribution >= 0.6 is 0 Å². The number of rotatable bonds is 9. The van der Waals surface area contributed by atoms with Crippen LogP contribution in [0, 0.1) is 11.3 Å². The lowest BCUT2D eigenvalue weighted by atomic mass is 10.1. The maximum atomic E-state index is 12.2. The largest absolute Gasteiger partial charge is 0.495 e. The summed E-state index contributed by atoms with van der Waals surface area (Å²) in [5.74, 6) is 0.0554. The summed E-state index contributed by atoms with van der Waals surface area (Å²) in [6.45, 7) is 1.90. The summed E-state index contributed by atoms with van der Waals surface area (Å²) in [5.41, 5.74) is 6.03. The smallest absolute Gasteiger partial charge is 0.262 e. The zero-order valence-corrected chi connectivity index (χ0v) is 16.1. The molecule has 8 nitrogen and oxygen atoms in total. The second kappa shape index (κ2) is 10.4. The summed E-state index contributed by atoms with van der Waals surface area (Å²) in [5, 5.41) is 11.7. The lowest BCUT2D eigenvalue weighted by Crippen LogP contribution is -2.20. The van der Waals surface area contributed by atoms with Gasteiger partial charge < -0.3 is 25.3 Å². The Morgan fingerprint density at radius 2 is 1.90 bits per heavy atom. The fourth-order valence-electron chi connectivity index (χ4n) is 2.40. The van der Waals surface area contributed by atoms with E-state index in [0.717, 1.165) is 0 Å². The van der Waals surface area contributed by atoms with Crippen LogP contribution in [0.1, 0.15) is 12.5 Å². The monoisotopic (exact) mass is 395 g/mol. The molecule has 2 aromatic carbocycles. The van der Waals surface area contributed by atoms with Crippen LogP contribution in [0.4, 0.5) is 5.69 Å². The molecule has 0 aliphatic carbocycles. The van der Waals surface area contributed by atoms with Crippen LogP contribution in [0.5, 0.6) is 17.2 Å². The Kier molecular flexibility index (Phi) is 7.62. The van der Waals surface area contributed by atoms with Crippen LogP contribution in [0.3, 0.4) is 0 Å². The minimum atomic E-state index is -0.821. The molecular weight excluding hydrogens is 374 g/mol. The number of nitrogens with one attached hydrogen (secondary N) is 1. The minimum Gasteiger partial charge on any atom is -0.495 e. The summed E-state index contributed by atoms with van der Waals surface area (Å²) in [6, 6.07) is 13.6. The van der Waals surface area contributed by atoms with Gasteiger partial charge in [-0.25, -0.2) is 0 Å². The van der Waals surface area contributed by atoms with Gasteiger partial charge in [-0.2, -0.15) is 5.26 Å². The zero-order valence-electron chi connectivity index (χ0n) is 16.1. The number of ether oxygens (including phenoxy) is 3. The van der Waals surface area contributed by atoms with Crippen molar-refractivity contribution in [2.75, 3.05) is 25.6 Å². The summed E-state index contributed by atoms with van der Waals surface area (Å²) in [4.78, 5) is 23.4. The van der Waals surface area contributed by atoms with Crippen LogP contribution in [0.15, 0.2) is 48.0 Å². The number of hydrogen-bond acceptors (Lipinski definition) is 6. The van der Waals surface area contributed by atoms with E-state index in [0.29, 0.717) is 35.1 Å². The predicted octanol–water partition coefficient (Wildman–Crippen LogP) is 2.50. The van der Waals surface area contributed by atoms with Crippen molar-refractivity contribution in [1.82, 2.24) is 0 Å². The topological polar surface area (TPSA) is 124 Å². The lowest BCUT2D eigenvalue weighted by molar-refractivity contribution is -0.118. The molecule has 2 rings (SSSR count). The highest BCUT2D eigenvalue weighted by Gasteiger charge is 2.12. The highest BCUT2D eigenvalue weighted by atomic mass is 16.5. The van der Waals surface area contributed by atoms with Crippen molar-refractivity contribution in [1.29, 1.82) is 5.26 Å². The maximum absolute atomic E-state index is 12.2. The Morgan fingerprint density at radius 3 is 2.55 bits per heavy atom. The van der Waals surface area contributed by atoms with E-state index in [-0.39, 0.29) is 18.1 Å². The molecule has 0 aliphatic rings. The van der Waals surface area contributed by atoms with Gasteiger partial charge in [-0.05, 0) is 42.8 Å². The molecule has 0 radical (unpaired) electrons. The van der Waals surface area contributed by atoms with Crippen LogP contribution in [0.2, 0.25) is 0 Å². The first-order valence-corrected chi connectivity index (χ1v) is 8.72. The van der Waals surface area contributed by atoms with Gasteiger partial charge in [-0.15, -0.1) is 0 Å². The van der Waals surface area contributed by atoms with Crippen LogP contribution < -0.4 is 25.3 Å².